The molecule has 0 spiro atoms. The molecule has 1 heterocycles. The Labute approximate surface area is 113 Å². The Morgan fingerprint density at radius 3 is 2.68 bits per heavy atom. The zero-order valence-corrected chi connectivity index (χ0v) is 11.1. The Kier molecular flexibility index (Phi) is 3.47. The summed E-state index contributed by atoms with van der Waals surface area (Å²) in [5.41, 5.74) is 0.165. The summed E-state index contributed by atoms with van der Waals surface area (Å²) >= 11 is 0. The number of nitrogens with zero attached hydrogens (tertiary/aromatic N) is 2. The van der Waals surface area contributed by atoms with E-state index < -0.39 is 26.0 Å². The van der Waals surface area contributed by atoms with Crippen molar-refractivity contribution in [2.24, 2.45) is 0 Å². The quantitative estimate of drug-likeness (QED) is 0.773. The molecule has 1 atom stereocenters. The summed E-state index contributed by atoms with van der Waals surface area (Å²) in [6.45, 7) is -0.134. The monoisotopic (exact) mass is 302 g/mol. The molecule has 0 saturated carbocycles. The first kappa shape index (κ1) is 13.8. The van der Waals surface area contributed by atoms with Crippen molar-refractivity contribution < 1.29 is 17.6 Å². The predicted molar refractivity (Wildman–Crippen MR) is 66.6 cm³/mol. The van der Waals surface area contributed by atoms with Crippen LogP contribution in [-0.4, -0.2) is 26.1 Å². The number of halogens is 2. The van der Waals surface area contributed by atoms with E-state index in [1.165, 1.54) is 6.07 Å². The third-order valence-corrected chi connectivity index (χ3v) is 4.73. The maximum Gasteiger partial charge on any atom is 0.237 e. The van der Waals surface area contributed by atoms with Crippen molar-refractivity contribution >= 4 is 31.3 Å². The standard InChI is InChI=1S/C11H8ClFN2O3S/c12-19(17,18)9-4-11(16)15(6-9)10-2-1-8(13)3-7(10)5-14/h1-3,9H,4,6H2. The molecule has 0 aromatic heterocycles. The fraction of sp³-hybridized carbons (Fsp3) is 0.273. The van der Waals surface area contributed by atoms with Crippen molar-refractivity contribution in [2.45, 2.75) is 11.7 Å². The predicted octanol–water partition coefficient (Wildman–Crippen LogP) is 1.37. The SMILES string of the molecule is N#Cc1cc(F)ccc1N1CC(S(=O)(=O)Cl)CC1=O. The van der Waals surface area contributed by atoms with Gasteiger partial charge in [0.25, 0.3) is 0 Å². The average Bonchev–Trinajstić information content (AvgIpc) is 2.71. The van der Waals surface area contributed by atoms with Gasteiger partial charge in [-0.05, 0) is 18.2 Å². The minimum absolute atomic E-state index is 0.0269. The molecule has 1 saturated heterocycles. The number of amides is 1. The second-order valence-corrected chi connectivity index (χ2v) is 6.99. The van der Waals surface area contributed by atoms with Crippen molar-refractivity contribution in [1.29, 1.82) is 5.26 Å². The molecule has 1 fully saturated rings. The van der Waals surface area contributed by atoms with Crippen LogP contribution in [0.2, 0.25) is 0 Å². The summed E-state index contributed by atoms with van der Waals surface area (Å²) in [4.78, 5) is 12.9. The van der Waals surface area contributed by atoms with Crippen LogP contribution in [0, 0.1) is 17.1 Å². The molecule has 19 heavy (non-hydrogen) atoms. The van der Waals surface area contributed by atoms with E-state index in [1.807, 2.05) is 0 Å². The van der Waals surface area contributed by atoms with E-state index in [1.54, 1.807) is 6.07 Å². The third kappa shape index (κ3) is 2.69. The van der Waals surface area contributed by atoms with Crippen LogP contribution in [0.4, 0.5) is 10.1 Å². The first-order valence-electron chi connectivity index (χ1n) is 5.26. The molecular weight excluding hydrogens is 295 g/mol. The number of carbonyl (C=O) groups excluding carboxylic acids is 1. The summed E-state index contributed by atoms with van der Waals surface area (Å²) < 4.78 is 35.5. The van der Waals surface area contributed by atoms with Gasteiger partial charge in [-0.15, -0.1) is 0 Å². The largest absolute Gasteiger partial charge is 0.310 e. The van der Waals surface area contributed by atoms with Gasteiger partial charge in [-0.3, -0.25) is 4.79 Å². The Bertz CT molecular complexity index is 684. The Morgan fingerprint density at radius 1 is 1.47 bits per heavy atom. The number of rotatable bonds is 2. The molecule has 8 heteroatoms. The number of benzene rings is 1. The van der Waals surface area contributed by atoms with E-state index in [0.717, 1.165) is 17.0 Å². The first-order chi connectivity index (χ1) is 8.82. The molecule has 1 aliphatic heterocycles. The zero-order valence-electron chi connectivity index (χ0n) is 9.51. The number of hydrogen-bond acceptors (Lipinski definition) is 4. The molecular formula is C11H8ClFN2O3S. The average molecular weight is 303 g/mol. The normalized spacial score (nSPS) is 19.5. The van der Waals surface area contributed by atoms with Crippen molar-refractivity contribution in [3.63, 3.8) is 0 Å². The molecule has 0 bridgehead atoms. The van der Waals surface area contributed by atoms with Gasteiger partial charge < -0.3 is 4.90 Å². The molecule has 0 N–H and O–H groups in total. The molecule has 1 amide bonds. The lowest BCUT2D eigenvalue weighted by molar-refractivity contribution is -0.117. The second-order valence-electron chi connectivity index (χ2n) is 4.08. The van der Waals surface area contributed by atoms with Crippen molar-refractivity contribution in [3.05, 3.63) is 29.6 Å². The first-order valence-corrected chi connectivity index (χ1v) is 7.63. The minimum atomic E-state index is -3.85. The van der Waals surface area contributed by atoms with Crippen molar-refractivity contribution in [2.75, 3.05) is 11.4 Å². The van der Waals surface area contributed by atoms with Crippen molar-refractivity contribution in [3.8, 4) is 6.07 Å². The van der Waals surface area contributed by atoms with E-state index in [0.29, 0.717) is 0 Å². The summed E-state index contributed by atoms with van der Waals surface area (Å²) in [7, 11) is 1.37. The molecule has 5 nitrogen and oxygen atoms in total. The maximum atomic E-state index is 13.0. The topological polar surface area (TPSA) is 78.2 Å². The van der Waals surface area contributed by atoms with Gasteiger partial charge in [-0.25, -0.2) is 12.8 Å². The highest BCUT2D eigenvalue weighted by molar-refractivity contribution is 8.14. The number of hydrogen-bond donors (Lipinski definition) is 0. The number of carbonyl (C=O) groups is 1. The van der Waals surface area contributed by atoms with E-state index in [4.69, 9.17) is 15.9 Å². The fourth-order valence-electron chi connectivity index (χ4n) is 1.93. The fourth-order valence-corrected chi connectivity index (χ4v) is 2.96. The van der Waals surface area contributed by atoms with Crippen LogP contribution in [-0.2, 0) is 13.8 Å². The van der Waals surface area contributed by atoms with Gasteiger partial charge in [0.05, 0.1) is 11.3 Å². The van der Waals surface area contributed by atoms with Crippen LogP contribution in [0.3, 0.4) is 0 Å². The van der Waals surface area contributed by atoms with E-state index in [2.05, 4.69) is 0 Å². The molecule has 1 aliphatic rings. The molecule has 0 radical (unpaired) electrons. The lowest BCUT2D eigenvalue weighted by atomic mass is 10.1. The summed E-state index contributed by atoms with van der Waals surface area (Å²) in [6, 6.07) is 5.14. The van der Waals surface area contributed by atoms with Crippen LogP contribution in [0.5, 0.6) is 0 Å². The second kappa shape index (κ2) is 4.79. The van der Waals surface area contributed by atoms with Crippen LogP contribution < -0.4 is 4.90 Å². The third-order valence-electron chi connectivity index (χ3n) is 2.86. The van der Waals surface area contributed by atoms with E-state index in [-0.39, 0.29) is 24.2 Å². The molecule has 0 aliphatic carbocycles. The molecule has 1 unspecified atom stereocenters. The van der Waals surface area contributed by atoms with Gasteiger partial charge in [0, 0.05) is 23.6 Å². The molecule has 1 aromatic carbocycles. The molecule has 100 valence electrons. The highest BCUT2D eigenvalue weighted by atomic mass is 35.7. The smallest absolute Gasteiger partial charge is 0.237 e. The Morgan fingerprint density at radius 2 is 2.16 bits per heavy atom. The van der Waals surface area contributed by atoms with Crippen LogP contribution in [0.15, 0.2) is 18.2 Å². The lowest BCUT2D eigenvalue weighted by Crippen LogP contribution is -2.27. The van der Waals surface area contributed by atoms with Crippen LogP contribution >= 0.6 is 10.7 Å². The maximum absolute atomic E-state index is 13.0. The van der Waals surface area contributed by atoms with E-state index >= 15 is 0 Å². The summed E-state index contributed by atoms with van der Waals surface area (Å²) in [5.74, 6) is -1.06. The van der Waals surface area contributed by atoms with Gasteiger partial charge in [0.15, 0.2) is 0 Å². The highest BCUT2D eigenvalue weighted by Crippen LogP contribution is 2.29. The van der Waals surface area contributed by atoms with E-state index in [9.17, 15) is 17.6 Å². The highest BCUT2D eigenvalue weighted by Gasteiger charge is 2.38. The van der Waals surface area contributed by atoms with Crippen molar-refractivity contribution in [1.82, 2.24) is 0 Å². The number of nitriles is 1. The Balaban J connectivity index is 2.39. The molecule has 2 rings (SSSR count). The van der Waals surface area contributed by atoms with Gasteiger partial charge in [-0.1, -0.05) is 0 Å². The number of anilines is 1. The Hall–Kier alpha value is -1.65. The van der Waals surface area contributed by atoms with Gasteiger partial charge in [-0.2, -0.15) is 5.26 Å². The summed E-state index contributed by atoms with van der Waals surface area (Å²) in [5, 5.41) is 7.90. The van der Waals surface area contributed by atoms with Gasteiger partial charge in [0.2, 0.25) is 15.0 Å². The molecule has 1 aromatic rings. The lowest BCUT2D eigenvalue weighted by Gasteiger charge is -2.17. The zero-order chi connectivity index (χ0) is 14.2. The van der Waals surface area contributed by atoms with Gasteiger partial charge >= 0.3 is 0 Å². The van der Waals surface area contributed by atoms with Crippen LogP contribution in [0.1, 0.15) is 12.0 Å². The van der Waals surface area contributed by atoms with Crippen LogP contribution in [0.25, 0.3) is 0 Å². The minimum Gasteiger partial charge on any atom is -0.310 e. The van der Waals surface area contributed by atoms with Gasteiger partial charge in [0.1, 0.15) is 17.1 Å². The summed E-state index contributed by atoms with van der Waals surface area (Å²) in [6.07, 6.45) is -0.242.